The molecule has 2 aromatic rings. The number of halogens is 1. The van der Waals surface area contributed by atoms with E-state index < -0.39 is 17.8 Å². The van der Waals surface area contributed by atoms with Crippen molar-refractivity contribution in [2.24, 2.45) is 5.92 Å². The highest BCUT2D eigenvalue weighted by atomic mass is 19.1. The number of hydrogen-bond acceptors (Lipinski definition) is 5. The fourth-order valence-corrected chi connectivity index (χ4v) is 3.56. The van der Waals surface area contributed by atoms with E-state index in [2.05, 4.69) is 32.5 Å². The van der Waals surface area contributed by atoms with Crippen molar-refractivity contribution in [2.75, 3.05) is 38.1 Å². The van der Waals surface area contributed by atoms with Gasteiger partial charge in [0.2, 0.25) is 5.91 Å². The molecule has 1 unspecified atom stereocenters. The minimum Gasteiger partial charge on any atom is -0.354 e. The minimum atomic E-state index is -0.782. The van der Waals surface area contributed by atoms with E-state index in [1.165, 1.54) is 18.2 Å². The average molecular weight is 428 g/mol. The summed E-state index contributed by atoms with van der Waals surface area (Å²) in [6.45, 7) is 7.65. The second kappa shape index (κ2) is 10.3. The predicted molar refractivity (Wildman–Crippen MR) is 118 cm³/mol. The Morgan fingerprint density at radius 2 is 1.81 bits per heavy atom. The molecule has 1 aliphatic rings. The molecule has 1 aromatic heterocycles. The van der Waals surface area contributed by atoms with Crippen LogP contribution in [0.2, 0.25) is 0 Å². The zero-order valence-electron chi connectivity index (χ0n) is 18.3. The number of nitrogens with zero attached hydrogens (tertiary/aromatic N) is 3. The molecule has 1 saturated heterocycles. The van der Waals surface area contributed by atoms with Gasteiger partial charge in [-0.3, -0.25) is 9.59 Å². The third-order valence-electron chi connectivity index (χ3n) is 5.48. The van der Waals surface area contributed by atoms with Crippen LogP contribution >= 0.6 is 0 Å². The van der Waals surface area contributed by atoms with Crippen LogP contribution in [-0.2, 0) is 11.3 Å². The van der Waals surface area contributed by atoms with Gasteiger partial charge in [-0.2, -0.15) is 0 Å². The first kappa shape index (κ1) is 22.7. The number of amides is 2. The van der Waals surface area contributed by atoms with Gasteiger partial charge < -0.3 is 20.4 Å². The molecule has 1 aliphatic heterocycles. The van der Waals surface area contributed by atoms with Crippen LogP contribution in [0.4, 0.5) is 10.2 Å². The van der Waals surface area contributed by atoms with Crippen molar-refractivity contribution in [3.8, 4) is 0 Å². The molecule has 0 saturated carbocycles. The van der Waals surface area contributed by atoms with E-state index in [9.17, 15) is 14.0 Å². The smallest absolute Gasteiger partial charge is 0.254 e. The van der Waals surface area contributed by atoms with E-state index in [4.69, 9.17) is 0 Å². The SMILES string of the molecule is CC(C)C(NC(=O)c1ccccc1F)C(=O)NCc1cccnc1N1CCN(C)CC1. The lowest BCUT2D eigenvalue weighted by Gasteiger charge is -2.34. The molecule has 1 aromatic carbocycles. The van der Waals surface area contributed by atoms with Crippen LogP contribution in [0.5, 0.6) is 0 Å². The van der Waals surface area contributed by atoms with Crippen LogP contribution < -0.4 is 15.5 Å². The maximum absolute atomic E-state index is 13.9. The van der Waals surface area contributed by atoms with Gasteiger partial charge in [0, 0.05) is 44.5 Å². The van der Waals surface area contributed by atoms with Crippen molar-refractivity contribution in [3.63, 3.8) is 0 Å². The molecule has 2 N–H and O–H groups in total. The third-order valence-corrected chi connectivity index (χ3v) is 5.48. The molecule has 0 aliphatic carbocycles. The van der Waals surface area contributed by atoms with E-state index in [1.807, 2.05) is 26.0 Å². The summed E-state index contributed by atoms with van der Waals surface area (Å²) in [5.41, 5.74) is 0.842. The normalized spacial score (nSPS) is 15.6. The molecule has 1 fully saturated rings. The number of aromatic nitrogens is 1. The number of pyridine rings is 1. The van der Waals surface area contributed by atoms with Gasteiger partial charge in [0.25, 0.3) is 5.91 Å². The number of piperazine rings is 1. The first-order chi connectivity index (χ1) is 14.9. The molecular weight excluding hydrogens is 397 g/mol. The molecule has 8 heteroatoms. The van der Waals surface area contributed by atoms with Crippen LogP contribution in [-0.4, -0.2) is 61.0 Å². The Morgan fingerprint density at radius 3 is 2.48 bits per heavy atom. The number of hydrogen-bond donors (Lipinski definition) is 2. The molecule has 3 rings (SSSR count). The van der Waals surface area contributed by atoms with Gasteiger partial charge in [0.05, 0.1) is 5.56 Å². The van der Waals surface area contributed by atoms with Gasteiger partial charge in [-0.1, -0.05) is 32.0 Å². The van der Waals surface area contributed by atoms with E-state index in [0.717, 1.165) is 37.6 Å². The number of rotatable bonds is 7. The Kier molecular flexibility index (Phi) is 7.57. The molecule has 1 atom stereocenters. The van der Waals surface area contributed by atoms with Crippen molar-refractivity contribution < 1.29 is 14.0 Å². The number of likely N-dealkylation sites (N-methyl/N-ethyl adjacent to an activating group) is 1. The summed E-state index contributed by atoms with van der Waals surface area (Å²) in [7, 11) is 2.10. The summed E-state index contributed by atoms with van der Waals surface area (Å²) in [6, 6.07) is 8.75. The number of carbonyl (C=O) groups excluding carboxylic acids is 2. The lowest BCUT2D eigenvalue weighted by molar-refractivity contribution is -0.124. The second-order valence-corrected chi connectivity index (χ2v) is 8.17. The lowest BCUT2D eigenvalue weighted by Crippen LogP contribution is -2.50. The summed E-state index contributed by atoms with van der Waals surface area (Å²) in [5, 5.41) is 5.59. The van der Waals surface area contributed by atoms with Crippen molar-refractivity contribution in [2.45, 2.75) is 26.4 Å². The minimum absolute atomic E-state index is 0.0782. The lowest BCUT2D eigenvalue weighted by atomic mass is 10.0. The van der Waals surface area contributed by atoms with Crippen molar-refractivity contribution >= 4 is 17.6 Å². The van der Waals surface area contributed by atoms with E-state index in [-0.39, 0.29) is 17.4 Å². The Morgan fingerprint density at radius 1 is 1.10 bits per heavy atom. The summed E-state index contributed by atoms with van der Waals surface area (Å²) in [6.07, 6.45) is 1.75. The maximum atomic E-state index is 13.9. The van der Waals surface area contributed by atoms with Gasteiger partial charge >= 0.3 is 0 Å². The van der Waals surface area contributed by atoms with Crippen LogP contribution in [0.15, 0.2) is 42.6 Å². The van der Waals surface area contributed by atoms with E-state index >= 15 is 0 Å². The van der Waals surface area contributed by atoms with Crippen LogP contribution in [0.3, 0.4) is 0 Å². The largest absolute Gasteiger partial charge is 0.354 e. The highest BCUT2D eigenvalue weighted by Gasteiger charge is 2.26. The van der Waals surface area contributed by atoms with Crippen LogP contribution in [0.25, 0.3) is 0 Å². The average Bonchev–Trinajstić information content (AvgIpc) is 2.76. The predicted octanol–water partition coefficient (Wildman–Crippen LogP) is 2.04. The summed E-state index contributed by atoms with van der Waals surface area (Å²) in [5.74, 6) is -0.830. The first-order valence-corrected chi connectivity index (χ1v) is 10.6. The highest BCUT2D eigenvalue weighted by molar-refractivity contribution is 5.97. The molecule has 31 heavy (non-hydrogen) atoms. The maximum Gasteiger partial charge on any atom is 0.254 e. The second-order valence-electron chi connectivity index (χ2n) is 8.17. The molecule has 0 radical (unpaired) electrons. The monoisotopic (exact) mass is 427 g/mol. The van der Waals surface area contributed by atoms with Gasteiger partial charge in [0.15, 0.2) is 0 Å². The van der Waals surface area contributed by atoms with Crippen LogP contribution in [0, 0.1) is 11.7 Å². The number of carbonyl (C=O) groups is 2. The number of benzene rings is 1. The Balaban J connectivity index is 1.66. The van der Waals surface area contributed by atoms with Gasteiger partial charge in [-0.05, 0) is 31.2 Å². The Labute approximate surface area is 182 Å². The first-order valence-electron chi connectivity index (χ1n) is 10.6. The van der Waals surface area contributed by atoms with Gasteiger partial charge in [-0.15, -0.1) is 0 Å². The number of anilines is 1. The van der Waals surface area contributed by atoms with Crippen molar-refractivity contribution in [3.05, 3.63) is 59.5 Å². The quantitative estimate of drug-likeness (QED) is 0.707. The van der Waals surface area contributed by atoms with Crippen molar-refractivity contribution in [1.29, 1.82) is 0 Å². The molecule has 0 spiro atoms. The van der Waals surface area contributed by atoms with E-state index in [0.29, 0.717) is 6.54 Å². The zero-order chi connectivity index (χ0) is 22.4. The molecule has 0 bridgehead atoms. The number of nitrogens with one attached hydrogen (secondary N) is 2. The zero-order valence-corrected chi connectivity index (χ0v) is 18.3. The van der Waals surface area contributed by atoms with Gasteiger partial charge in [-0.25, -0.2) is 9.37 Å². The summed E-state index contributed by atoms with van der Waals surface area (Å²) >= 11 is 0. The fraction of sp³-hybridized carbons (Fsp3) is 0.435. The summed E-state index contributed by atoms with van der Waals surface area (Å²) in [4.78, 5) is 34.4. The molecule has 2 heterocycles. The fourth-order valence-electron chi connectivity index (χ4n) is 3.56. The highest BCUT2D eigenvalue weighted by Crippen LogP contribution is 2.19. The molecule has 166 valence electrons. The van der Waals surface area contributed by atoms with Gasteiger partial charge in [0.1, 0.15) is 17.7 Å². The standard InChI is InChI=1S/C23H30FN5O2/c1-16(2)20(27-22(30)18-8-4-5-9-19(18)24)23(31)26-15-17-7-6-10-25-21(17)29-13-11-28(3)12-14-29/h4-10,16,20H,11-15H2,1-3H3,(H,26,31)(H,27,30). The molecule has 2 amide bonds. The summed E-state index contributed by atoms with van der Waals surface area (Å²) < 4.78 is 13.9. The molecular formula is C23H30FN5O2. The molecule has 7 nitrogen and oxygen atoms in total. The van der Waals surface area contributed by atoms with E-state index in [1.54, 1.807) is 12.3 Å². The third kappa shape index (κ3) is 5.79. The van der Waals surface area contributed by atoms with Crippen molar-refractivity contribution in [1.82, 2.24) is 20.5 Å². The van der Waals surface area contributed by atoms with Crippen LogP contribution in [0.1, 0.15) is 29.8 Å². The topological polar surface area (TPSA) is 77.6 Å². The Bertz CT molecular complexity index is 912. The Hall–Kier alpha value is -3.00.